The Hall–Kier alpha value is -2.15. The summed E-state index contributed by atoms with van der Waals surface area (Å²) >= 11 is 12.2. The van der Waals surface area contributed by atoms with Crippen LogP contribution in [0.4, 0.5) is 19.0 Å². The predicted octanol–water partition coefficient (Wildman–Crippen LogP) is 3.27. The highest BCUT2D eigenvalue weighted by Gasteiger charge is 2.38. The Morgan fingerprint density at radius 3 is 2.70 bits per heavy atom. The largest absolute Gasteiger partial charge is 0.348 e. The van der Waals surface area contributed by atoms with Crippen molar-refractivity contribution in [3.63, 3.8) is 0 Å². The minimum atomic E-state index is -3.09. The maximum atomic E-state index is 14.3. The second-order valence-corrected chi connectivity index (χ2v) is 6.73. The molecule has 1 aliphatic rings. The summed E-state index contributed by atoms with van der Waals surface area (Å²) in [6, 6.07) is 4.45. The normalized spacial score (nSPS) is 17.4. The molecule has 1 saturated heterocycles. The number of hydrogen-bond acceptors (Lipinski definition) is 6. The van der Waals surface area contributed by atoms with Crippen LogP contribution in [-0.4, -0.2) is 58.5 Å². The number of hydrogen-bond donors (Lipinski definition) is 0. The van der Waals surface area contributed by atoms with Gasteiger partial charge in [0.05, 0.1) is 25.7 Å². The lowest BCUT2D eigenvalue weighted by Crippen LogP contribution is -2.40. The summed E-state index contributed by atoms with van der Waals surface area (Å²) in [7, 11) is 0. The molecule has 3 heterocycles. The first-order chi connectivity index (χ1) is 12.8. The molecule has 2 aromatic rings. The number of rotatable bonds is 3. The molecule has 0 aliphatic carbocycles. The molecular weight excluding hydrogens is 404 g/mol. The van der Waals surface area contributed by atoms with E-state index in [1.54, 1.807) is 0 Å². The summed E-state index contributed by atoms with van der Waals surface area (Å²) in [6.07, 6.45) is 1.23. The molecule has 11 heteroatoms. The highest BCUT2D eigenvalue weighted by molar-refractivity contribution is 6.42. The second kappa shape index (κ2) is 7.84. The molecule has 1 fully saturated rings. The van der Waals surface area contributed by atoms with Crippen LogP contribution in [0.5, 0.6) is 0 Å². The Balaban J connectivity index is 1.99. The van der Waals surface area contributed by atoms with E-state index in [1.165, 1.54) is 22.1 Å². The van der Waals surface area contributed by atoms with E-state index in [0.29, 0.717) is 0 Å². The molecule has 0 aromatic carbocycles. The van der Waals surface area contributed by atoms with Crippen LogP contribution in [0.25, 0.3) is 11.4 Å². The van der Waals surface area contributed by atoms with E-state index >= 15 is 0 Å². The molecule has 0 amide bonds. The van der Waals surface area contributed by atoms with Crippen molar-refractivity contribution < 1.29 is 13.2 Å². The van der Waals surface area contributed by atoms with Gasteiger partial charge in [-0.2, -0.15) is 9.65 Å². The van der Waals surface area contributed by atoms with Crippen LogP contribution in [0.3, 0.4) is 0 Å². The Bertz CT molecular complexity index is 889. The summed E-state index contributed by atoms with van der Waals surface area (Å²) in [6.45, 7) is -0.917. The van der Waals surface area contributed by atoms with Crippen LogP contribution < -0.4 is 4.90 Å². The van der Waals surface area contributed by atoms with E-state index in [0.717, 1.165) is 6.07 Å². The van der Waals surface area contributed by atoms with Gasteiger partial charge in [-0.15, -0.1) is 0 Å². The van der Waals surface area contributed by atoms with Crippen LogP contribution >= 0.6 is 23.2 Å². The van der Waals surface area contributed by atoms with E-state index in [4.69, 9.17) is 28.5 Å². The molecule has 0 spiro atoms. The van der Waals surface area contributed by atoms with Gasteiger partial charge >= 0.3 is 0 Å². The fourth-order valence-corrected chi connectivity index (χ4v) is 3.15. The topological polar surface area (TPSA) is 68.9 Å². The van der Waals surface area contributed by atoms with Crippen LogP contribution in [-0.2, 0) is 0 Å². The van der Waals surface area contributed by atoms with Gasteiger partial charge in [0.2, 0.25) is 5.95 Å². The molecule has 0 radical (unpaired) electrons. The van der Waals surface area contributed by atoms with Crippen molar-refractivity contribution >= 4 is 29.0 Å². The number of pyridine rings is 1. The van der Waals surface area contributed by atoms with Gasteiger partial charge in [0, 0.05) is 30.9 Å². The summed E-state index contributed by atoms with van der Waals surface area (Å²) in [5.74, 6) is -3.75. The Morgan fingerprint density at radius 2 is 2.00 bits per heavy atom. The van der Waals surface area contributed by atoms with Crippen molar-refractivity contribution in [2.45, 2.75) is 5.92 Å². The van der Waals surface area contributed by atoms with Gasteiger partial charge in [0.25, 0.3) is 5.92 Å². The number of aromatic nitrogens is 3. The van der Waals surface area contributed by atoms with Crippen molar-refractivity contribution in [2.75, 3.05) is 37.6 Å². The molecule has 0 atom stereocenters. The highest BCUT2D eigenvalue weighted by Crippen LogP contribution is 2.34. The van der Waals surface area contributed by atoms with Gasteiger partial charge in [-0.1, -0.05) is 23.2 Å². The second-order valence-electron chi connectivity index (χ2n) is 5.99. The first-order valence-corrected chi connectivity index (χ1v) is 8.62. The van der Waals surface area contributed by atoms with E-state index in [2.05, 4.69) is 15.0 Å². The van der Waals surface area contributed by atoms with Gasteiger partial charge in [0.1, 0.15) is 5.02 Å². The highest BCUT2D eigenvalue weighted by atomic mass is 35.5. The van der Waals surface area contributed by atoms with E-state index < -0.39 is 25.0 Å². The number of halogens is 5. The van der Waals surface area contributed by atoms with Crippen LogP contribution in [0, 0.1) is 17.3 Å². The zero-order chi connectivity index (χ0) is 19.6. The first kappa shape index (κ1) is 19.6. The molecule has 2 aromatic heterocycles. The van der Waals surface area contributed by atoms with E-state index in [-0.39, 0.29) is 47.0 Å². The minimum absolute atomic E-state index is 0.0300. The summed E-state index contributed by atoms with van der Waals surface area (Å²) < 4.78 is 42.0. The predicted molar refractivity (Wildman–Crippen MR) is 94.5 cm³/mol. The molecule has 1 aliphatic heterocycles. The standard InChI is InChI=1S/C16H13Cl2F3N6/c17-12-13(18)24-14(10-1-3-23-11(19)7-10)25-15(12)27-6-5-26(4-2-22)8-16(20,21)9-27/h1,3,7H,4-6,8-9H2. The average Bonchev–Trinajstić information content (AvgIpc) is 2.75. The van der Waals surface area contributed by atoms with Crippen LogP contribution in [0.15, 0.2) is 18.3 Å². The van der Waals surface area contributed by atoms with Gasteiger partial charge in [-0.3, -0.25) is 4.90 Å². The maximum absolute atomic E-state index is 14.3. The van der Waals surface area contributed by atoms with Crippen molar-refractivity contribution in [1.29, 1.82) is 5.26 Å². The Labute approximate surface area is 163 Å². The fourth-order valence-electron chi connectivity index (χ4n) is 2.78. The maximum Gasteiger partial charge on any atom is 0.277 e. The number of alkyl halides is 2. The Morgan fingerprint density at radius 1 is 1.22 bits per heavy atom. The molecule has 6 nitrogen and oxygen atoms in total. The molecule has 0 saturated carbocycles. The summed E-state index contributed by atoms with van der Waals surface area (Å²) in [5.41, 5.74) is 0.287. The SMILES string of the molecule is N#CCN1CCN(c2nc(-c3ccnc(F)c3)nc(Cl)c2Cl)CC(F)(F)C1. The molecule has 3 rings (SSSR count). The van der Waals surface area contributed by atoms with Crippen molar-refractivity contribution in [1.82, 2.24) is 19.9 Å². The molecular formula is C16H13Cl2F3N6. The smallest absolute Gasteiger partial charge is 0.277 e. The van der Waals surface area contributed by atoms with Crippen molar-refractivity contribution in [3.8, 4) is 17.5 Å². The zero-order valence-corrected chi connectivity index (χ0v) is 15.4. The van der Waals surface area contributed by atoms with Gasteiger partial charge < -0.3 is 4.90 Å². The third kappa shape index (κ3) is 4.58. The monoisotopic (exact) mass is 416 g/mol. The van der Waals surface area contributed by atoms with Crippen molar-refractivity contribution in [2.24, 2.45) is 0 Å². The summed E-state index contributed by atoms with van der Waals surface area (Å²) in [5, 5.41) is 8.58. The lowest BCUT2D eigenvalue weighted by Gasteiger charge is -2.26. The minimum Gasteiger partial charge on any atom is -0.348 e. The van der Waals surface area contributed by atoms with Crippen LogP contribution in [0.2, 0.25) is 10.2 Å². The quantitative estimate of drug-likeness (QED) is 0.434. The molecule has 0 unspecified atom stereocenters. The third-order valence-electron chi connectivity index (χ3n) is 3.94. The lowest BCUT2D eigenvalue weighted by atomic mass is 10.2. The number of nitrogens with zero attached hydrogens (tertiary/aromatic N) is 6. The lowest BCUT2D eigenvalue weighted by molar-refractivity contribution is -0.0122. The average molecular weight is 417 g/mol. The Kier molecular flexibility index (Phi) is 5.69. The van der Waals surface area contributed by atoms with Gasteiger partial charge in [-0.25, -0.2) is 23.7 Å². The van der Waals surface area contributed by atoms with Gasteiger partial charge in [0.15, 0.2) is 16.8 Å². The summed E-state index contributed by atoms with van der Waals surface area (Å²) in [4.78, 5) is 14.3. The molecule has 142 valence electrons. The number of nitriles is 1. The van der Waals surface area contributed by atoms with E-state index in [1.807, 2.05) is 6.07 Å². The van der Waals surface area contributed by atoms with E-state index in [9.17, 15) is 13.2 Å². The van der Waals surface area contributed by atoms with Gasteiger partial charge in [-0.05, 0) is 6.07 Å². The molecule has 0 N–H and O–H groups in total. The zero-order valence-electron chi connectivity index (χ0n) is 13.8. The number of anilines is 1. The third-order valence-corrected chi connectivity index (χ3v) is 4.65. The first-order valence-electron chi connectivity index (χ1n) is 7.86. The van der Waals surface area contributed by atoms with Crippen molar-refractivity contribution in [3.05, 3.63) is 34.5 Å². The fraction of sp³-hybridized carbons (Fsp3) is 0.375. The molecule has 27 heavy (non-hydrogen) atoms. The molecule has 0 bridgehead atoms. The van der Waals surface area contributed by atoms with Crippen LogP contribution in [0.1, 0.15) is 0 Å².